The van der Waals surface area contributed by atoms with E-state index in [1.54, 1.807) is 12.2 Å². The van der Waals surface area contributed by atoms with E-state index in [4.69, 9.17) is 9.57 Å². The van der Waals surface area contributed by atoms with Gasteiger partial charge in [-0.05, 0) is 85.7 Å². The average molecular weight is 768 g/mol. The molecule has 7 rings (SSSR count). The van der Waals surface area contributed by atoms with E-state index in [2.05, 4.69) is 62.3 Å². The van der Waals surface area contributed by atoms with Crippen molar-refractivity contribution < 1.29 is 24.3 Å². The third-order valence-corrected chi connectivity index (χ3v) is 13.2. The van der Waals surface area contributed by atoms with Crippen LogP contribution in [0.4, 0.5) is 5.69 Å². The van der Waals surface area contributed by atoms with Crippen molar-refractivity contribution in [2.75, 3.05) is 53.4 Å². The summed E-state index contributed by atoms with van der Waals surface area (Å²) in [5.41, 5.74) is 5.38. The molecule has 8 atom stereocenters. The van der Waals surface area contributed by atoms with Crippen molar-refractivity contribution in [3.63, 3.8) is 0 Å². The van der Waals surface area contributed by atoms with E-state index in [0.717, 1.165) is 28.8 Å². The van der Waals surface area contributed by atoms with E-state index in [1.165, 1.54) is 12.0 Å². The number of aliphatic hydroxyl groups excluding tert-OH is 1. The molecule has 304 valence electrons. The van der Waals surface area contributed by atoms with Crippen molar-refractivity contribution in [3.05, 3.63) is 83.4 Å². The van der Waals surface area contributed by atoms with Crippen LogP contribution < -0.4 is 20.3 Å². The Labute approximate surface area is 334 Å². The lowest BCUT2D eigenvalue weighted by Crippen LogP contribution is -2.62. The zero-order valence-corrected chi connectivity index (χ0v) is 35.2. The smallest absolute Gasteiger partial charge is 0.253 e. The maximum Gasteiger partial charge on any atom is 0.253 e. The molecule has 1 heterocycles. The molecule has 10 heteroatoms. The number of likely N-dealkylation sites (N-methyl/N-ethyl adjacent to an activating group) is 1. The normalized spacial score (nSPS) is 26.1. The van der Waals surface area contributed by atoms with E-state index >= 15 is 0 Å². The molecule has 2 bridgehead atoms. The van der Waals surface area contributed by atoms with Crippen LogP contribution in [0.3, 0.4) is 0 Å². The largest absolute Gasteiger partial charge is 0.496 e. The van der Waals surface area contributed by atoms with Crippen LogP contribution in [0.2, 0.25) is 0 Å². The summed E-state index contributed by atoms with van der Waals surface area (Å²) in [5, 5.41) is 19.1. The van der Waals surface area contributed by atoms with E-state index in [9.17, 15) is 14.7 Å². The van der Waals surface area contributed by atoms with Crippen LogP contribution in [0.5, 0.6) is 5.75 Å². The number of carbonyl (C=O) groups excluding carboxylic acids is 2. The van der Waals surface area contributed by atoms with Gasteiger partial charge >= 0.3 is 0 Å². The highest BCUT2D eigenvalue weighted by Gasteiger charge is 2.57. The first-order valence-corrected chi connectivity index (χ1v) is 20.5. The molecule has 2 amide bonds. The van der Waals surface area contributed by atoms with Gasteiger partial charge in [0.25, 0.3) is 5.91 Å². The summed E-state index contributed by atoms with van der Waals surface area (Å²) in [6, 6.07) is 21.6. The van der Waals surface area contributed by atoms with Gasteiger partial charge in [0.1, 0.15) is 17.9 Å². The van der Waals surface area contributed by atoms with Crippen molar-refractivity contribution in [1.82, 2.24) is 20.6 Å². The number of nitrogens with one attached hydrogen (secondary N) is 2. The first-order chi connectivity index (χ1) is 26.6. The minimum atomic E-state index is -0.584. The second-order valence-electron chi connectivity index (χ2n) is 18.0. The van der Waals surface area contributed by atoms with Crippen molar-refractivity contribution >= 4 is 17.5 Å². The number of amides is 2. The predicted octanol–water partition coefficient (Wildman–Crippen LogP) is 6.27. The molecule has 1 saturated heterocycles. The van der Waals surface area contributed by atoms with Crippen molar-refractivity contribution in [2.24, 2.45) is 35.0 Å². The Morgan fingerprint density at radius 1 is 1.02 bits per heavy atom. The Kier molecular flexibility index (Phi) is 12.8. The van der Waals surface area contributed by atoms with Gasteiger partial charge in [-0.25, -0.2) is 0 Å². The summed E-state index contributed by atoms with van der Waals surface area (Å²) in [4.78, 5) is 39.1. The minimum absolute atomic E-state index is 0.0412. The number of rotatable bonds is 15. The summed E-state index contributed by atoms with van der Waals surface area (Å²) < 4.78 is 6.14. The zero-order chi connectivity index (χ0) is 40.5. The fourth-order valence-electron chi connectivity index (χ4n) is 10.1. The van der Waals surface area contributed by atoms with Crippen molar-refractivity contribution in [1.29, 1.82) is 0 Å². The molecule has 0 unspecified atom stereocenters. The molecular formula is C46H65N5O5. The lowest BCUT2D eigenvalue weighted by molar-refractivity contribution is -0.183. The molecule has 3 aromatic carbocycles. The van der Waals surface area contributed by atoms with Gasteiger partial charge in [-0.3, -0.25) is 14.4 Å². The number of fused-ring (bicyclic) bond motifs is 2. The summed E-state index contributed by atoms with van der Waals surface area (Å²) in [6.07, 6.45) is 2.44. The number of hydrogen-bond donors (Lipinski definition) is 3. The molecule has 0 spiro atoms. The molecular weight excluding hydrogens is 703 g/mol. The second kappa shape index (κ2) is 17.3. The van der Waals surface area contributed by atoms with Gasteiger partial charge in [-0.2, -0.15) is 5.06 Å². The fraction of sp³-hybridized carbons (Fsp3) is 0.565. The van der Waals surface area contributed by atoms with E-state index in [1.807, 2.05) is 87.7 Å². The third-order valence-electron chi connectivity index (χ3n) is 13.2. The van der Waals surface area contributed by atoms with Gasteiger partial charge < -0.3 is 30.3 Å². The van der Waals surface area contributed by atoms with Crippen molar-refractivity contribution in [2.45, 2.75) is 84.7 Å². The maximum absolute atomic E-state index is 14.4. The Morgan fingerprint density at radius 3 is 2.36 bits per heavy atom. The number of nitrogens with zero attached hydrogens (tertiary/aromatic N) is 3. The molecule has 1 aliphatic heterocycles. The highest BCUT2D eigenvalue weighted by molar-refractivity contribution is 6.01. The molecule has 3 aromatic rings. The quantitative estimate of drug-likeness (QED) is 0.166. The number of hydroxylamine groups is 2. The van der Waals surface area contributed by atoms with Crippen LogP contribution in [0.25, 0.3) is 11.1 Å². The number of hydrogen-bond acceptors (Lipinski definition) is 8. The fourth-order valence-corrected chi connectivity index (χ4v) is 10.1. The molecule has 4 fully saturated rings. The SMILES string of the molecule is COc1c(CN2O[C@@H](CO)[C@H](C(C)C)[C@H]2C(=O)N[C@H]2C[C@H]3C[C@H]([C@@H]2C)C3(C)C)cccc1-c1ccc(N(C)C)c(C(=O)N[C@@H](Cc2ccccc2)CN(C)C)c1. The van der Waals surface area contributed by atoms with Gasteiger partial charge in [0, 0.05) is 55.5 Å². The number of carbonyl (C=O) groups is 2. The molecule has 56 heavy (non-hydrogen) atoms. The minimum Gasteiger partial charge on any atom is -0.496 e. The molecule has 0 aromatic heterocycles. The highest BCUT2D eigenvalue weighted by atomic mass is 16.7. The maximum atomic E-state index is 14.4. The Bertz CT molecular complexity index is 1830. The second-order valence-corrected chi connectivity index (χ2v) is 18.0. The van der Waals surface area contributed by atoms with Crippen LogP contribution in [-0.4, -0.2) is 99.6 Å². The van der Waals surface area contributed by atoms with Gasteiger partial charge in [-0.1, -0.05) is 89.2 Å². The van der Waals surface area contributed by atoms with E-state index in [-0.39, 0.29) is 48.9 Å². The number of ether oxygens (including phenoxy) is 1. The van der Waals surface area contributed by atoms with Crippen LogP contribution in [-0.2, 0) is 22.6 Å². The summed E-state index contributed by atoms with van der Waals surface area (Å²) >= 11 is 0. The van der Waals surface area contributed by atoms with E-state index in [0.29, 0.717) is 47.4 Å². The summed E-state index contributed by atoms with van der Waals surface area (Å²) in [6.45, 7) is 12.0. The molecule has 4 aliphatic rings. The number of methoxy groups -OCH3 is 1. The van der Waals surface area contributed by atoms with Gasteiger partial charge in [0.05, 0.1) is 25.8 Å². The monoisotopic (exact) mass is 767 g/mol. The van der Waals surface area contributed by atoms with E-state index < -0.39 is 12.1 Å². The van der Waals surface area contributed by atoms with Gasteiger partial charge in [-0.15, -0.1) is 0 Å². The Hall–Kier alpha value is -3.96. The van der Waals surface area contributed by atoms with Crippen LogP contribution in [0.15, 0.2) is 66.7 Å². The highest BCUT2D eigenvalue weighted by Crippen LogP contribution is 2.61. The summed E-state index contributed by atoms with van der Waals surface area (Å²) in [7, 11) is 9.58. The third kappa shape index (κ3) is 8.49. The molecule has 3 aliphatic carbocycles. The van der Waals surface area contributed by atoms with Crippen LogP contribution >= 0.6 is 0 Å². The number of para-hydroxylation sites is 1. The first kappa shape index (κ1) is 41.7. The lowest BCUT2D eigenvalue weighted by Gasteiger charge is -2.62. The van der Waals surface area contributed by atoms with Crippen molar-refractivity contribution in [3.8, 4) is 16.9 Å². The van der Waals surface area contributed by atoms with Gasteiger partial charge in [0.15, 0.2) is 0 Å². The Balaban J connectivity index is 1.28. The molecule has 0 radical (unpaired) electrons. The molecule has 10 nitrogen and oxygen atoms in total. The standard InChI is InChI=1S/C46H65N5O5/c1-28(2)41-40(27-52)56-51(42(41)45(54)48-38-24-33-23-37(29(38)3)46(33,4)5)25-32-17-14-18-35(43(32)55-10)31-19-20-39(50(8)9)36(22-31)44(53)47-34(26-49(6)7)21-30-15-12-11-13-16-30/h11-20,22,28-29,33-34,37-38,40-42,52H,21,23-27H2,1-10H3,(H,47,53)(H,48,54)/t29-,33+,34-,37+,38-,40-,41-,42-/m0/s1. The lowest BCUT2D eigenvalue weighted by atomic mass is 9.45. The number of benzene rings is 3. The first-order valence-electron chi connectivity index (χ1n) is 20.5. The number of aliphatic hydroxyl groups is 1. The number of anilines is 1. The predicted molar refractivity (Wildman–Crippen MR) is 223 cm³/mol. The Morgan fingerprint density at radius 2 is 1.75 bits per heavy atom. The summed E-state index contributed by atoms with van der Waals surface area (Å²) in [5.74, 6) is 1.98. The van der Waals surface area contributed by atoms with Crippen LogP contribution in [0.1, 0.15) is 68.9 Å². The topological polar surface area (TPSA) is 107 Å². The molecule has 3 saturated carbocycles. The molecule has 3 N–H and O–H groups in total. The zero-order valence-electron chi connectivity index (χ0n) is 35.2. The van der Waals surface area contributed by atoms with Gasteiger partial charge in [0.2, 0.25) is 5.91 Å². The van der Waals surface area contributed by atoms with Crippen LogP contribution in [0, 0.1) is 35.0 Å². The average Bonchev–Trinajstić information content (AvgIpc) is 3.53.